The van der Waals surface area contributed by atoms with E-state index in [0.29, 0.717) is 18.8 Å². The molecule has 0 atom stereocenters. The van der Waals surface area contributed by atoms with Gasteiger partial charge in [0.1, 0.15) is 5.69 Å². The molecule has 0 saturated carbocycles. The van der Waals surface area contributed by atoms with E-state index in [2.05, 4.69) is 44.5 Å². The van der Waals surface area contributed by atoms with Crippen LogP contribution in [0, 0.1) is 5.92 Å². The van der Waals surface area contributed by atoms with Crippen LogP contribution in [0.25, 0.3) is 0 Å². The van der Waals surface area contributed by atoms with Crippen molar-refractivity contribution in [2.75, 3.05) is 26.2 Å². The molecule has 2 aliphatic rings. The summed E-state index contributed by atoms with van der Waals surface area (Å²) in [5.74, 6) is -0.223. The van der Waals surface area contributed by atoms with E-state index in [0.717, 1.165) is 32.5 Å². The van der Waals surface area contributed by atoms with Gasteiger partial charge in [0.15, 0.2) is 0 Å². The molecule has 1 aromatic carbocycles. The third-order valence-corrected chi connectivity index (χ3v) is 5.50. The van der Waals surface area contributed by atoms with E-state index in [4.69, 9.17) is 0 Å². The highest BCUT2D eigenvalue weighted by Crippen LogP contribution is 2.20. The number of nitrogens with one attached hydrogen (secondary N) is 1. The first-order valence-electron chi connectivity index (χ1n) is 9.81. The second kappa shape index (κ2) is 8.48. The second-order valence-corrected chi connectivity index (χ2v) is 7.54. The predicted molar refractivity (Wildman–Crippen MR) is 104 cm³/mol. The smallest absolute Gasteiger partial charge is 0.274 e. The number of aromatic nitrogens is 2. The van der Waals surface area contributed by atoms with Crippen LogP contribution < -0.4 is 5.32 Å². The van der Waals surface area contributed by atoms with Crippen LogP contribution in [0.2, 0.25) is 0 Å². The van der Waals surface area contributed by atoms with Crippen molar-refractivity contribution in [1.82, 2.24) is 25.1 Å². The molecule has 2 saturated heterocycles. The summed E-state index contributed by atoms with van der Waals surface area (Å²) >= 11 is 0. The van der Waals surface area contributed by atoms with E-state index in [9.17, 15) is 9.59 Å². The number of amides is 2. The summed E-state index contributed by atoms with van der Waals surface area (Å²) in [7, 11) is 0. The van der Waals surface area contributed by atoms with Crippen molar-refractivity contribution in [1.29, 1.82) is 0 Å². The van der Waals surface area contributed by atoms with Gasteiger partial charge in [-0.25, -0.2) is 4.98 Å². The SMILES string of the molecule is O=C(NC1CCN(Cc2ccccc2)CC1)C1CN(C(=O)c2cnccn2)C1. The summed E-state index contributed by atoms with van der Waals surface area (Å²) in [6.07, 6.45) is 6.43. The molecule has 0 unspecified atom stereocenters. The maximum Gasteiger partial charge on any atom is 0.274 e. The van der Waals surface area contributed by atoms with Crippen LogP contribution in [0.3, 0.4) is 0 Å². The van der Waals surface area contributed by atoms with Gasteiger partial charge in [-0.2, -0.15) is 0 Å². The van der Waals surface area contributed by atoms with Gasteiger partial charge in [0.2, 0.25) is 5.91 Å². The number of carbonyl (C=O) groups is 2. The van der Waals surface area contributed by atoms with Gasteiger partial charge in [0.05, 0.1) is 12.1 Å². The summed E-state index contributed by atoms with van der Waals surface area (Å²) in [5, 5.41) is 3.17. The number of hydrogen-bond acceptors (Lipinski definition) is 5. The van der Waals surface area contributed by atoms with Crippen molar-refractivity contribution >= 4 is 11.8 Å². The fourth-order valence-electron chi connectivity index (χ4n) is 3.78. The van der Waals surface area contributed by atoms with Gasteiger partial charge in [-0.3, -0.25) is 19.5 Å². The Kier molecular flexibility index (Phi) is 5.62. The van der Waals surface area contributed by atoms with Gasteiger partial charge >= 0.3 is 0 Å². The number of carbonyl (C=O) groups excluding carboxylic acids is 2. The van der Waals surface area contributed by atoms with Crippen LogP contribution in [-0.2, 0) is 11.3 Å². The standard InChI is InChI=1S/C21H25N5O2/c27-20(17-14-26(15-17)21(28)19-12-22-8-9-23-19)24-18-6-10-25(11-7-18)13-16-4-2-1-3-5-16/h1-5,8-9,12,17-18H,6-7,10-11,13-15H2,(H,24,27). The highest BCUT2D eigenvalue weighted by Gasteiger charge is 2.37. The first kappa shape index (κ1) is 18.6. The second-order valence-electron chi connectivity index (χ2n) is 7.54. The quantitative estimate of drug-likeness (QED) is 0.848. The lowest BCUT2D eigenvalue weighted by Gasteiger charge is -2.39. The molecule has 7 nitrogen and oxygen atoms in total. The van der Waals surface area contributed by atoms with Crippen LogP contribution in [0.1, 0.15) is 28.9 Å². The molecule has 2 fully saturated rings. The van der Waals surface area contributed by atoms with E-state index in [-0.39, 0.29) is 23.8 Å². The zero-order chi connectivity index (χ0) is 19.3. The predicted octanol–water partition coefficient (Wildman–Crippen LogP) is 1.33. The Bertz CT molecular complexity index is 800. The number of rotatable bonds is 5. The summed E-state index contributed by atoms with van der Waals surface area (Å²) in [4.78, 5) is 36.8. The average molecular weight is 379 g/mol. The molecule has 2 aliphatic heterocycles. The molecule has 0 bridgehead atoms. The number of piperidine rings is 1. The summed E-state index contributed by atoms with van der Waals surface area (Å²) in [5.41, 5.74) is 1.65. The Hall–Kier alpha value is -2.80. The van der Waals surface area contributed by atoms with Crippen LogP contribution >= 0.6 is 0 Å². The fourth-order valence-corrected chi connectivity index (χ4v) is 3.78. The van der Waals surface area contributed by atoms with Gasteiger partial charge in [-0.05, 0) is 18.4 Å². The van der Waals surface area contributed by atoms with Gasteiger partial charge < -0.3 is 10.2 Å². The Labute approximate surface area is 164 Å². The molecular formula is C21H25N5O2. The maximum atomic E-state index is 12.5. The number of likely N-dealkylation sites (tertiary alicyclic amines) is 2. The summed E-state index contributed by atoms with van der Waals surface area (Å²) < 4.78 is 0. The minimum Gasteiger partial charge on any atom is -0.353 e. The highest BCUT2D eigenvalue weighted by molar-refractivity contribution is 5.94. The summed E-state index contributed by atoms with van der Waals surface area (Å²) in [6.45, 7) is 3.84. The lowest BCUT2D eigenvalue weighted by atomic mass is 9.96. The van der Waals surface area contributed by atoms with Gasteiger partial charge in [0, 0.05) is 51.2 Å². The zero-order valence-electron chi connectivity index (χ0n) is 15.8. The molecule has 0 spiro atoms. The molecule has 0 radical (unpaired) electrons. The van der Waals surface area contributed by atoms with E-state index in [1.165, 1.54) is 24.2 Å². The Balaban J connectivity index is 1.18. The third-order valence-electron chi connectivity index (χ3n) is 5.50. The van der Waals surface area contributed by atoms with Gasteiger partial charge in [-0.15, -0.1) is 0 Å². The van der Waals surface area contributed by atoms with E-state index < -0.39 is 0 Å². The van der Waals surface area contributed by atoms with Crippen LogP contribution in [0.5, 0.6) is 0 Å². The van der Waals surface area contributed by atoms with E-state index in [1.807, 2.05) is 6.07 Å². The molecule has 1 N–H and O–H groups in total. The first-order valence-corrected chi connectivity index (χ1v) is 9.81. The zero-order valence-corrected chi connectivity index (χ0v) is 15.8. The van der Waals surface area contributed by atoms with Crippen molar-refractivity contribution in [3.63, 3.8) is 0 Å². The minimum atomic E-state index is -0.161. The topological polar surface area (TPSA) is 78.4 Å². The lowest BCUT2D eigenvalue weighted by Crippen LogP contribution is -2.57. The van der Waals surface area contributed by atoms with Crippen LogP contribution in [0.15, 0.2) is 48.9 Å². The van der Waals surface area contributed by atoms with Crippen molar-refractivity contribution in [3.8, 4) is 0 Å². The number of nitrogens with zero attached hydrogens (tertiary/aromatic N) is 4. The molecule has 7 heteroatoms. The molecule has 0 aliphatic carbocycles. The summed E-state index contributed by atoms with van der Waals surface area (Å²) in [6, 6.07) is 10.7. The minimum absolute atomic E-state index is 0.0599. The highest BCUT2D eigenvalue weighted by atomic mass is 16.2. The normalized spacial score (nSPS) is 18.5. The molecule has 3 heterocycles. The molecule has 4 rings (SSSR count). The molecular weight excluding hydrogens is 354 g/mol. The lowest BCUT2D eigenvalue weighted by molar-refractivity contribution is -0.130. The third kappa shape index (κ3) is 4.36. The van der Waals surface area contributed by atoms with Crippen molar-refractivity contribution in [3.05, 3.63) is 60.2 Å². The average Bonchev–Trinajstić information content (AvgIpc) is 2.70. The Morgan fingerprint density at radius 1 is 1.07 bits per heavy atom. The van der Waals surface area contributed by atoms with Gasteiger partial charge in [0.25, 0.3) is 5.91 Å². The monoisotopic (exact) mass is 379 g/mol. The van der Waals surface area contributed by atoms with Crippen LogP contribution in [-0.4, -0.2) is 63.8 Å². The van der Waals surface area contributed by atoms with Crippen molar-refractivity contribution < 1.29 is 9.59 Å². The largest absolute Gasteiger partial charge is 0.353 e. The van der Waals surface area contributed by atoms with E-state index >= 15 is 0 Å². The molecule has 1 aromatic heterocycles. The van der Waals surface area contributed by atoms with Crippen molar-refractivity contribution in [2.45, 2.75) is 25.4 Å². The van der Waals surface area contributed by atoms with E-state index in [1.54, 1.807) is 4.90 Å². The molecule has 146 valence electrons. The van der Waals surface area contributed by atoms with Gasteiger partial charge in [-0.1, -0.05) is 30.3 Å². The number of benzene rings is 1. The van der Waals surface area contributed by atoms with Crippen LogP contribution in [0.4, 0.5) is 0 Å². The fraction of sp³-hybridized carbons (Fsp3) is 0.429. The Morgan fingerprint density at radius 3 is 2.50 bits per heavy atom. The first-order chi connectivity index (χ1) is 13.7. The van der Waals surface area contributed by atoms with Crippen molar-refractivity contribution in [2.24, 2.45) is 5.92 Å². The maximum absolute atomic E-state index is 12.5. The molecule has 28 heavy (non-hydrogen) atoms. The molecule has 2 amide bonds. The molecule has 2 aromatic rings. The Morgan fingerprint density at radius 2 is 1.82 bits per heavy atom. The number of hydrogen-bond donors (Lipinski definition) is 1.